The van der Waals surface area contributed by atoms with Crippen LogP contribution in [0.5, 0.6) is 0 Å². The number of aromatic nitrogens is 1. The summed E-state index contributed by atoms with van der Waals surface area (Å²) in [6.07, 6.45) is 10.1. The third-order valence-electron chi connectivity index (χ3n) is 5.46. The van der Waals surface area contributed by atoms with Crippen molar-refractivity contribution in [2.75, 3.05) is 0 Å². The maximum atomic E-state index is 4.58. The monoisotopic (exact) mass is 445 g/mol. The fraction of sp³-hybridized carbons (Fsp3) is 0.522. The second-order valence-electron chi connectivity index (χ2n) is 7.39. The number of hydrogen-bond donors (Lipinski definition) is 0. The van der Waals surface area contributed by atoms with E-state index in [1.807, 2.05) is 12.3 Å². The quantitative estimate of drug-likeness (QED) is 0.347. The topological polar surface area (TPSA) is 12.9 Å². The van der Waals surface area contributed by atoms with Crippen LogP contribution < -0.4 is 3.58 Å². The van der Waals surface area contributed by atoms with Gasteiger partial charge in [0, 0.05) is 0 Å². The summed E-state index contributed by atoms with van der Waals surface area (Å²) in [5.74, 6) is 0. The summed E-state index contributed by atoms with van der Waals surface area (Å²) < 4.78 is 6.32. The van der Waals surface area contributed by atoms with Gasteiger partial charge in [-0.05, 0) is 0 Å². The predicted octanol–water partition coefficient (Wildman–Crippen LogP) is 6.80. The van der Waals surface area contributed by atoms with E-state index in [0.717, 1.165) is 5.69 Å². The molecule has 0 aliphatic heterocycles. The number of pyridine rings is 1. The summed E-state index contributed by atoms with van der Waals surface area (Å²) in [7, 11) is 0. The van der Waals surface area contributed by atoms with Gasteiger partial charge in [-0.25, -0.2) is 0 Å². The van der Waals surface area contributed by atoms with Crippen molar-refractivity contribution in [3.8, 4) is 11.3 Å². The number of unbranched alkanes of at least 4 members (excludes halogenated alkanes) is 3. The Labute approximate surface area is 159 Å². The summed E-state index contributed by atoms with van der Waals surface area (Å²) in [5, 5.41) is 0. The molecule has 2 heteroatoms. The van der Waals surface area contributed by atoms with Crippen LogP contribution >= 0.6 is 0 Å². The average Bonchev–Trinajstić information content (AvgIpc) is 2.68. The summed E-state index contributed by atoms with van der Waals surface area (Å²) >= 11 is -2.33. The van der Waals surface area contributed by atoms with Gasteiger partial charge >= 0.3 is 159 Å². The van der Waals surface area contributed by atoms with Gasteiger partial charge in [0.25, 0.3) is 0 Å². The Balaban J connectivity index is 2.40. The average molecular weight is 444 g/mol. The van der Waals surface area contributed by atoms with Gasteiger partial charge in [-0.1, -0.05) is 0 Å². The molecule has 2 rings (SSSR count). The predicted molar refractivity (Wildman–Crippen MR) is 114 cm³/mol. The normalized spacial score (nSPS) is 11.6. The Morgan fingerprint density at radius 3 is 1.92 bits per heavy atom. The number of benzene rings is 1. The molecule has 0 radical (unpaired) electrons. The zero-order valence-corrected chi connectivity index (χ0v) is 19.3. The van der Waals surface area contributed by atoms with Crippen molar-refractivity contribution in [2.45, 2.75) is 72.6 Å². The van der Waals surface area contributed by atoms with Crippen LogP contribution in [-0.4, -0.2) is 23.4 Å². The summed E-state index contributed by atoms with van der Waals surface area (Å²) in [6.45, 7) is 7.04. The summed E-state index contributed by atoms with van der Waals surface area (Å²) in [6, 6.07) is 15.7. The SMILES string of the molecule is CCC[CH2][Sn]([CH2]CCC)([CH2]CCC)[c]1cccc(-c2ccccn2)c1. The molecule has 1 heterocycles. The molecule has 0 spiro atoms. The molecular formula is C23H35NSn. The fourth-order valence-electron chi connectivity index (χ4n) is 3.90. The van der Waals surface area contributed by atoms with Crippen molar-refractivity contribution in [2.24, 2.45) is 0 Å². The van der Waals surface area contributed by atoms with Crippen molar-refractivity contribution in [3.63, 3.8) is 0 Å². The van der Waals surface area contributed by atoms with Crippen LogP contribution in [0.3, 0.4) is 0 Å². The second kappa shape index (κ2) is 11.0. The zero-order valence-electron chi connectivity index (χ0n) is 16.4. The van der Waals surface area contributed by atoms with E-state index in [4.69, 9.17) is 0 Å². The van der Waals surface area contributed by atoms with Gasteiger partial charge in [-0.15, -0.1) is 0 Å². The van der Waals surface area contributed by atoms with Crippen LogP contribution in [0.1, 0.15) is 59.3 Å². The number of hydrogen-bond acceptors (Lipinski definition) is 1. The Hall–Kier alpha value is -0.831. The molecule has 0 atom stereocenters. The Morgan fingerprint density at radius 1 is 0.760 bits per heavy atom. The summed E-state index contributed by atoms with van der Waals surface area (Å²) in [5.41, 5.74) is 2.43. The second-order valence-corrected chi connectivity index (χ2v) is 20.6. The first-order valence-electron chi connectivity index (χ1n) is 10.3. The van der Waals surface area contributed by atoms with Gasteiger partial charge in [0.15, 0.2) is 0 Å². The van der Waals surface area contributed by atoms with Gasteiger partial charge in [-0.2, -0.15) is 0 Å². The van der Waals surface area contributed by atoms with Gasteiger partial charge in [-0.3, -0.25) is 0 Å². The van der Waals surface area contributed by atoms with Crippen LogP contribution in [0.2, 0.25) is 13.3 Å². The molecule has 136 valence electrons. The number of rotatable bonds is 11. The molecule has 0 aliphatic carbocycles. The first-order chi connectivity index (χ1) is 12.3. The molecule has 0 saturated heterocycles. The third-order valence-corrected chi connectivity index (χ3v) is 21.1. The fourth-order valence-corrected chi connectivity index (χ4v) is 19.9. The van der Waals surface area contributed by atoms with Gasteiger partial charge < -0.3 is 0 Å². The molecule has 1 aromatic heterocycles. The molecule has 0 aliphatic rings. The molecule has 0 saturated carbocycles. The van der Waals surface area contributed by atoms with Crippen LogP contribution in [0.25, 0.3) is 11.3 Å². The molecule has 0 unspecified atom stereocenters. The van der Waals surface area contributed by atoms with E-state index in [2.05, 4.69) is 62.2 Å². The van der Waals surface area contributed by atoms with E-state index < -0.39 is 18.4 Å². The van der Waals surface area contributed by atoms with Gasteiger partial charge in [0.1, 0.15) is 0 Å². The Morgan fingerprint density at radius 2 is 1.40 bits per heavy atom. The van der Waals surface area contributed by atoms with Crippen molar-refractivity contribution < 1.29 is 0 Å². The zero-order chi connectivity index (χ0) is 18.0. The molecule has 0 bridgehead atoms. The van der Waals surface area contributed by atoms with Crippen molar-refractivity contribution in [1.29, 1.82) is 0 Å². The van der Waals surface area contributed by atoms with Crippen LogP contribution in [0.15, 0.2) is 48.7 Å². The summed E-state index contributed by atoms with van der Waals surface area (Å²) in [4.78, 5) is 4.58. The molecule has 2 aromatic rings. The van der Waals surface area contributed by atoms with E-state index in [1.165, 1.54) is 57.4 Å². The Bertz CT molecular complexity index is 587. The third kappa shape index (κ3) is 5.84. The molecule has 25 heavy (non-hydrogen) atoms. The number of nitrogens with zero attached hydrogens (tertiary/aromatic N) is 1. The molecule has 0 fully saturated rings. The first kappa shape index (κ1) is 20.5. The first-order valence-corrected chi connectivity index (χ1v) is 17.8. The van der Waals surface area contributed by atoms with Crippen molar-refractivity contribution in [1.82, 2.24) is 4.98 Å². The Kier molecular flexibility index (Phi) is 9.01. The molecule has 0 amide bonds. The van der Waals surface area contributed by atoms with Crippen molar-refractivity contribution >= 4 is 22.0 Å². The van der Waals surface area contributed by atoms with Crippen LogP contribution in [-0.2, 0) is 0 Å². The van der Waals surface area contributed by atoms with Crippen molar-refractivity contribution in [3.05, 3.63) is 48.7 Å². The molecular weight excluding hydrogens is 409 g/mol. The van der Waals surface area contributed by atoms with E-state index in [9.17, 15) is 0 Å². The van der Waals surface area contributed by atoms with E-state index in [0.29, 0.717) is 0 Å². The molecule has 1 nitrogen and oxygen atoms in total. The van der Waals surface area contributed by atoms with Crippen LogP contribution in [0, 0.1) is 0 Å². The minimum absolute atomic E-state index is 1.12. The van der Waals surface area contributed by atoms with E-state index in [-0.39, 0.29) is 0 Å². The van der Waals surface area contributed by atoms with E-state index >= 15 is 0 Å². The van der Waals surface area contributed by atoms with Gasteiger partial charge in [0.2, 0.25) is 0 Å². The minimum atomic E-state index is -2.33. The molecule has 1 aromatic carbocycles. The standard InChI is InChI=1S/C11H8N.3C4H9.Sn/c1-2-6-10(7-3-1)11-8-4-5-9-12-11;3*1-3-4-2;/h1-2,4-9H;3*1,3-4H2,2H3;. The van der Waals surface area contributed by atoms with Crippen LogP contribution in [0.4, 0.5) is 0 Å². The molecule has 0 N–H and O–H groups in total. The van der Waals surface area contributed by atoms with E-state index in [1.54, 1.807) is 3.58 Å². The maximum absolute atomic E-state index is 4.58. The van der Waals surface area contributed by atoms with Gasteiger partial charge in [0.05, 0.1) is 0 Å².